The highest BCUT2D eigenvalue weighted by atomic mass is 35.5. The average molecular weight is 364 g/mol. The van der Waals surface area contributed by atoms with Crippen molar-refractivity contribution in [2.24, 2.45) is 5.73 Å². The molecule has 0 spiro atoms. The molecule has 2 aromatic heterocycles. The van der Waals surface area contributed by atoms with Crippen LogP contribution in [0.1, 0.15) is 42.0 Å². The number of hydrogen-bond acceptors (Lipinski definition) is 6. The van der Waals surface area contributed by atoms with Gasteiger partial charge in [-0.25, -0.2) is 9.97 Å². The van der Waals surface area contributed by atoms with Crippen molar-refractivity contribution in [2.75, 3.05) is 25.5 Å². The predicted molar refractivity (Wildman–Crippen MR) is 96.2 cm³/mol. The van der Waals surface area contributed by atoms with Gasteiger partial charge >= 0.3 is 0 Å². The van der Waals surface area contributed by atoms with Crippen molar-refractivity contribution in [3.8, 4) is 0 Å². The van der Waals surface area contributed by atoms with Crippen LogP contribution in [0.15, 0.2) is 12.3 Å². The van der Waals surface area contributed by atoms with E-state index in [2.05, 4.69) is 32.3 Å². The van der Waals surface area contributed by atoms with Crippen molar-refractivity contribution in [1.82, 2.24) is 24.6 Å². The highest BCUT2D eigenvalue weighted by Crippen LogP contribution is 2.24. The minimum Gasteiger partial charge on any atom is -0.364 e. The van der Waals surface area contributed by atoms with Crippen LogP contribution in [0.3, 0.4) is 0 Å². The summed E-state index contributed by atoms with van der Waals surface area (Å²) < 4.78 is 1.95. The van der Waals surface area contributed by atoms with Gasteiger partial charge in [-0.15, -0.1) is 0 Å². The summed E-state index contributed by atoms with van der Waals surface area (Å²) in [5, 5.41) is 7.82. The van der Waals surface area contributed by atoms with Gasteiger partial charge in [-0.2, -0.15) is 5.10 Å². The van der Waals surface area contributed by atoms with Gasteiger partial charge in [-0.3, -0.25) is 9.48 Å². The van der Waals surface area contributed by atoms with Crippen LogP contribution in [0.4, 0.5) is 11.6 Å². The van der Waals surface area contributed by atoms with Gasteiger partial charge in [-0.05, 0) is 39.4 Å². The Bertz CT molecular complexity index is 768. The van der Waals surface area contributed by atoms with Gasteiger partial charge in [0.05, 0.1) is 11.7 Å². The summed E-state index contributed by atoms with van der Waals surface area (Å²) in [7, 11) is 2.13. The van der Waals surface area contributed by atoms with Gasteiger partial charge in [0, 0.05) is 12.3 Å². The van der Waals surface area contributed by atoms with Gasteiger partial charge in [0.25, 0.3) is 5.91 Å². The van der Waals surface area contributed by atoms with E-state index in [1.807, 2.05) is 23.9 Å². The Morgan fingerprint density at radius 3 is 2.76 bits per heavy atom. The van der Waals surface area contributed by atoms with Crippen molar-refractivity contribution >= 4 is 29.1 Å². The molecule has 1 saturated heterocycles. The van der Waals surface area contributed by atoms with Gasteiger partial charge < -0.3 is 16.0 Å². The molecule has 134 valence electrons. The molecule has 8 nitrogen and oxygen atoms in total. The number of nitrogens with one attached hydrogen (secondary N) is 1. The number of carbonyl (C=O) groups is 1. The van der Waals surface area contributed by atoms with E-state index in [-0.39, 0.29) is 16.7 Å². The van der Waals surface area contributed by atoms with Crippen LogP contribution in [0.2, 0.25) is 5.15 Å². The number of nitrogens with two attached hydrogens (primary N) is 1. The van der Waals surface area contributed by atoms with Crippen LogP contribution < -0.4 is 11.1 Å². The SMILES string of the molecule is CCc1nc(C(N)=O)c(Nc2ccn(C3CCN(C)CC3)n2)nc1Cl. The zero-order chi connectivity index (χ0) is 18.0. The zero-order valence-corrected chi connectivity index (χ0v) is 15.1. The fourth-order valence-corrected chi connectivity index (χ4v) is 3.18. The number of aromatic nitrogens is 4. The third-order valence-corrected chi connectivity index (χ3v) is 4.71. The molecule has 3 rings (SSSR count). The van der Waals surface area contributed by atoms with Gasteiger partial charge in [0.2, 0.25) is 0 Å². The third-order valence-electron chi connectivity index (χ3n) is 4.40. The van der Waals surface area contributed by atoms with E-state index in [4.69, 9.17) is 17.3 Å². The van der Waals surface area contributed by atoms with Crippen molar-refractivity contribution in [1.29, 1.82) is 0 Å². The second kappa shape index (κ2) is 7.37. The van der Waals surface area contributed by atoms with E-state index in [0.29, 0.717) is 24.0 Å². The summed E-state index contributed by atoms with van der Waals surface area (Å²) in [6.07, 6.45) is 4.61. The molecule has 25 heavy (non-hydrogen) atoms. The number of nitrogens with zero attached hydrogens (tertiary/aromatic N) is 5. The lowest BCUT2D eigenvalue weighted by molar-refractivity contribution is 0.0996. The van der Waals surface area contributed by atoms with Crippen molar-refractivity contribution < 1.29 is 4.79 Å². The summed E-state index contributed by atoms with van der Waals surface area (Å²) in [6.45, 7) is 3.99. The first-order chi connectivity index (χ1) is 12.0. The highest BCUT2D eigenvalue weighted by Gasteiger charge is 2.20. The molecule has 1 aliphatic heterocycles. The second-order valence-electron chi connectivity index (χ2n) is 6.22. The Kier molecular flexibility index (Phi) is 5.19. The lowest BCUT2D eigenvalue weighted by Gasteiger charge is -2.28. The molecule has 1 fully saturated rings. The topological polar surface area (TPSA) is 102 Å². The number of piperidine rings is 1. The smallest absolute Gasteiger partial charge is 0.271 e. The molecule has 3 heterocycles. The second-order valence-corrected chi connectivity index (χ2v) is 6.57. The Labute approximate surface area is 151 Å². The van der Waals surface area contributed by atoms with Gasteiger partial charge in [0.1, 0.15) is 0 Å². The lowest BCUT2D eigenvalue weighted by atomic mass is 10.1. The maximum absolute atomic E-state index is 11.7. The maximum atomic E-state index is 11.7. The van der Waals surface area contributed by atoms with Crippen LogP contribution >= 0.6 is 11.6 Å². The quantitative estimate of drug-likeness (QED) is 0.842. The maximum Gasteiger partial charge on any atom is 0.271 e. The average Bonchev–Trinajstić information content (AvgIpc) is 3.04. The molecule has 0 aromatic carbocycles. The number of carbonyl (C=O) groups excluding carboxylic acids is 1. The number of halogens is 1. The molecular weight excluding hydrogens is 342 g/mol. The first kappa shape index (κ1) is 17.6. The van der Waals surface area contributed by atoms with E-state index < -0.39 is 5.91 Å². The zero-order valence-electron chi connectivity index (χ0n) is 14.4. The van der Waals surface area contributed by atoms with Crippen molar-refractivity contribution in [3.05, 3.63) is 28.8 Å². The molecule has 1 amide bonds. The molecule has 0 radical (unpaired) electrons. The van der Waals surface area contributed by atoms with Crippen LogP contribution in [0, 0.1) is 0 Å². The van der Waals surface area contributed by atoms with Gasteiger partial charge in [0.15, 0.2) is 22.5 Å². The van der Waals surface area contributed by atoms with Crippen LogP contribution in [0.25, 0.3) is 0 Å². The minimum absolute atomic E-state index is 0.0649. The predicted octanol–water partition coefficient (Wildman–Crippen LogP) is 2.00. The molecule has 0 atom stereocenters. The highest BCUT2D eigenvalue weighted by molar-refractivity contribution is 6.30. The van der Waals surface area contributed by atoms with Crippen LogP contribution in [-0.4, -0.2) is 50.7 Å². The molecule has 0 unspecified atom stereocenters. The van der Waals surface area contributed by atoms with Crippen molar-refractivity contribution in [2.45, 2.75) is 32.2 Å². The van der Waals surface area contributed by atoms with Crippen LogP contribution in [-0.2, 0) is 6.42 Å². The number of primary amides is 1. The van der Waals surface area contributed by atoms with Crippen LogP contribution in [0.5, 0.6) is 0 Å². The first-order valence-electron chi connectivity index (χ1n) is 8.35. The number of rotatable bonds is 5. The number of amides is 1. The molecule has 0 aliphatic carbocycles. The van der Waals surface area contributed by atoms with E-state index >= 15 is 0 Å². The number of hydrogen-bond donors (Lipinski definition) is 2. The van der Waals surface area contributed by atoms with Crippen molar-refractivity contribution in [3.63, 3.8) is 0 Å². The van der Waals surface area contributed by atoms with E-state index in [9.17, 15) is 4.79 Å². The fourth-order valence-electron chi connectivity index (χ4n) is 2.92. The van der Waals surface area contributed by atoms with E-state index in [1.165, 1.54) is 0 Å². The van der Waals surface area contributed by atoms with E-state index in [1.54, 1.807) is 0 Å². The largest absolute Gasteiger partial charge is 0.364 e. The Morgan fingerprint density at radius 2 is 2.12 bits per heavy atom. The molecule has 3 N–H and O–H groups in total. The fraction of sp³-hybridized carbons (Fsp3) is 0.500. The summed E-state index contributed by atoms with van der Waals surface area (Å²) in [5.74, 6) is 0.149. The lowest BCUT2D eigenvalue weighted by Crippen LogP contribution is -2.31. The summed E-state index contributed by atoms with van der Waals surface area (Å²) in [6, 6.07) is 2.21. The molecule has 0 saturated carbocycles. The molecule has 0 bridgehead atoms. The van der Waals surface area contributed by atoms with E-state index in [0.717, 1.165) is 25.9 Å². The monoisotopic (exact) mass is 363 g/mol. The Morgan fingerprint density at radius 1 is 1.40 bits per heavy atom. The standard InChI is InChI=1S/C16H22ClN7O/c1-3-11-14(17)21-16(13(19-11)15(18)25)20-12-6-9-24(22-12)10-4-7-23(2)8-5-10/h6,9-10H,3-5,7-8H2,1-2H3,(H2,18,25)(H,20,21,22). The summed E-state index contributed by atoms with van der Waals surface area (Å²) in [5.41, 5.74) is 6.03. The summed E-state index contributed by atoms with van der Waals surface area (Å²) in [4.78, 5) is 22.4. The normalized spacial score (nSPS) is 16.1. The number of aryl methyl sites for hydroxylation is 1. The Balaban J connectivity index is 1.81. The first-order valence-corrected chi connectivity index (χ1v) is 8.72. The minimum atomic E-state index is -0.656. The summed E-state index contributed by atoms with van der Waals surface area (Å²) >= 11 is 6.12. The molecule has 1 aliphatic rings. The molecular formula is C16H22ClN7O. The molecule has 2 aromatic rings. The number of likely N-dealkylation sites (tertiary alicyclic amines) is 1. The Hall–Kier alpha value is -2.19. The number of anilines is 2. The van der Waals surface area contributed by atoms with Gasteiger partial charge in [-0.1, -0.05) is 18.5 Å². The molecule has 9 heteroatoms. The third kappa shape index (κ3) is 3.91.